The number of H-pyrrole nitrogens is 1. The molecular weight excluding hydrogens is 198 g/mol. The largest absolute Gasteiger partial charge is 0.341 e. The van der Waals surface area contributed by atoms with E-state index < -0.39 is 11.9 Å². The molecule has 0 unspecified atom stereocenters. The number of aromatic amines is 1. The summed E-state index contributed by atoms with van der Waals surface area (Å²) in [5, 5.41) is 2.66. The number of nitrogens with one attached hydrogen (secondary N) is 4. The molecule has 1 aromatic rings. The highest BCUT2D eigenvalue weighted by molar-refractivity contribution is 5.93. The summed E-state index contributed by atoms with van der Waals surface area (Å²) >= 11 is 0. The minimum Gasteiger partial charge on any atom is -0.341 e. The molecule has 7 heteroatoms. The molecule has 0 aromatic carbocycles. The number of amides is 3. The molecule has 4 N–H and O–H groups in total. The van der Waals surface area contributed by atoms with Gasteiger partial charge in [0.1, 0.15) is 5.69 Å². The maximum atomic E-state index is 11.3. The third kappa shape index (κ3) is 2.70. The Morgan fingerprint density at radius 2 is 2.20 bits per heavy atom. The van der Waals surface area contributed by atoms with Crippen LogP contribution in [0.1, 0.15) is 23.3 Å². The van der Waals surface area contributed by atoms with E-state index in [0.29, 0.717) is 5.69 Å². The van der Waals surface area contributed by atoms with Gasteiger partial charge in [-0.05, 0) is 12.8 Å². The third-order valence-electron chi connectivity index (χ3n) is 1.94. The monoisotopic (exact) mass is 209 g/mol. The van der Waals surface area contributed by atoms with E-state index >= 15 is 0 Å². The zero-order valence-electron chi connectivity index (χ0n) is 7.91. The number of hydrazine groups is 1. The Morgan fingerprint density at radius 1 is 1.40 bits per heavy atom. The second-order valence-electron chi connectivity index (χ2n) is 3.29. The Bertz CT molecular complexity index is 357. The van der Waals surface area contributed by atoms with Gasteiger partial charge in [0.15, 0.2) is 0 Å². The Kier molecular flexibility index (Phi) is 2.53. The van der Waals surface area contributed by atoms with E-state index in [-0.39, 0.29) is 6.04 Å². The minimum absolute atomic E-state index is 0.258. The van der Waals surface area contributed by atoms with E-state index in [4.69, 9.17) is 0 Å². The van der Waals surface area contributed by atoms with Gasteiger partial charge in [-0.1, -0.05) is 0 Å². The van der Waals surface area contributed by atoms with E-state index in [1.165, 1.54) is 12.5 Å². The van der Waals surface area contributed by atoms with Gasteiger partial charge in [0.2, 0.25) is 0 Å². The molecular formula is C8H11N5O2. The summed E-state index contributed by atoms with van der Waals surface area (Å²) in [6.07, 6.45) is 4.76. The Labute approximate surface area is 85.6 Å². The number of rotatable bonds is 2. The first-order chi connectivity index (χ1) is 7.25. The average molecular weight is 209 g/mol. The number of urea groups is 1. The van der Waals surface area contributed by atoms with E-state index in [1.807, 2.05) is 0 Å². The molecule has 0 atom stereocenters. The number of nitrogens with zero attached hydrogens (tertiary/aromatic N) is 1. The molecule has 1 saturated carbocycles. The second-order valence-corrected chi connectivity index (χ2v) is 3.29. The minimum atomic E-state index is -0.432. The summed E-state index contributed by atoms with van der Waals surface area (Å²) in [5.74, 6) is -0.432. The van der Waals surface area contributed by atoms with Gasteiger partial charge in [-0.25, -0.2) is 15.2 Å². The van der Waals surface area contributed by atoms with Gasteiger partial charge in [0.05, 0.1) is 12.5 Å². The van der Waals surface area contributed by atoms with E-state index in [2.05, 4.69) is 26.1 Å². The SMILES string of the molecule is O=C(NNC(=O)c1cnc[nH]1)NC1CC1. The molecule has 3 amide bonds. The number of hydrogen-bond acceptors (Lipinski definition) is 3. The predicted octanol–water partition coefficient (Wildman–Crippen LogP) is -0.484. The molecule has 1 aliphatic carbocycles. The standard InChI is InChI=1S/C8H11N5O2/c14-7(6-3-9-4-10-6)12-13-8(15)11-5-1-2-5/h3-5H,1-2H2,(H,9,10)(H,12,14)(H2,11,13,15). The molecule has 0 aliphatic heterocycles. The first kappa shape index (κ1) is 9.50. The molecule has 1 aromatic heterocycles. The number of imidazole rings is 1. The number of aromatic nitrogens is 2. The van der Waals surface area contributed by atoms with Gasteiger partial charge in [-0.15, -0.1) is 0 Å². The lowest BCUT2D eigenvalue weighted by Gasteiger charge is -2.06. The molecule has 7 nitrogen and oxygen atoms in total. The van der Waals surface area contributed by atoms with Crippen LogP contribution in [-0.4, -0.2) is 27.9 Å². The van der Waals surface area contributed by atoms with Gasteiger partial charge in [0.25, 0.3) is 5.91 Å². The third-order valence-corrected chi connectivity index (χ3v) is 1.94. The molecule has 1 heterocycles. The van der Waals surface area contributed by atoms with Crippen molar-refractivity contribution in [3.8, 4) is 0 Å². The maximum absolute atomic E-state index is 11.3. The van der Waals surface area contributed by atoms with Crippen LogP contribution >= 0.6 is 0 Å². The summed E-state index contributed by atoms with van der Waals surface area (Å²) in [6.45, 7) is 0. The van der Waals surface area contributed by atoms with Crippen molar-refractivity contribution in [2.45, 2.75) is 18.9 Å². The zero-order valence-corrected chi connectivity index (χ0v) is 7.91. The van der Waals surface area contributed by atoms with Crippen molar-refractivity contribution in [3.63, 3.8) is 0 Å². The Balaban J connectivity index is 1.72. The molecule has 0 saturated heterocycles. The van der Waals surface area contributed by atoms with Gasteiger partial charge in [0, 0.05) is 6.04 Å². The average Bonchev–Trinajstić information content (AvgIpc) is 2.86. The molecule has 0 radical (unpaired) electrons. The van der Waals surface area contributed by atoms with Gasteiger partial charge in [-0.2, -0.15) is 0 Å². The molecule has 2 rings (SSSR count). The Morgan fingerprint density at radius 3 is 2.80 bits per heavy atom. The van der Waals surface area contributed by atoms with E-state index in [1.54, 1.807) is 0 Å². The lowest BCUT2D eigenvalue weighted by molar-refractivity contribution is 0.0931. The topological polar surface area (TPSA) is 98.9 Å². The zero-order chi connectivity index (χ0) is 10.7. The molecule has 15 heavy (non-hydrogen) atoms. The highest BCUT2D eigenvalue weighted by atomic mass is 16.2. The first-order valence-electron chi connectivity index (χ1n) is 4.61. The van der Waals surface area contributed by atoms with Crippen LogP contribution in [0.25, 0.3) is 0 Å². The van der Waals surface area contributed by atoms with Crippen LogP contribution in [0.2, 0.25) is 0 Å². The fraction of sp³-hybridized carbons (Fsp3) is 0.375. The summed E-state index contributed by atoms with van der Waals surface area (Å²) in [7, 11) is 0. The number of hydrogen-bond donors (Lipinski definition) is 4. The van der Waals surface area contributed by atoms with Crippen LogP contribution in [0.3, 0.4) is 0 Å². The predicted molar refractivity (Wildman–Crippen MR) is 50.7 cm³/mol. The van der Waals surface area contributed by atoms with E-state index in [9.17, 15) is 9.59 Å². The smallest absolute Gasteiger partial charge is 0.333 e. The fourth-order valence-electron chi connectivity index (χ4n) is 1.01. The lowest BCUT2D eigenvalue weighted by atomic mass is 10.5. The van der Waals surface area contributed by atoms with Gasteiger partial charge >= 0.3 is 6.03 Å². The fourth-order valence-corrected chi connectivity index (χ4v) is 1.01. The lowest BCUT2D eigenvalue weighted by Crippen LogP contribution is -2.47. The van der Waals surface area contributed by atoms with Crippen LogP contribution in [0.5, 0.6) is 0 Å². The molecule has 0 spiro atoms. The molecule has 80 valence electrons. The van der Waals surface area contributed by atoms with Gasteiger partial charge in [-0.3, -0.25) is 10.2 Å². The highest BCUT2D eigenvalue weighted by Gasteiger charge is 2.23. The number of carbonyl (C=O) groups is 2. The van der Waals surface area contributed by atoms with Crippen molar-refractivity contribution in [3.05, 3.63) is 18.2 Å². The summed E-state index contributed by atoms with van der Waals surface area (Å²) in [5.41, 5.74) is 4.78. The Hall–Kier alpha value is -2.05. The van der Waals surface area contributed by atoms with E-state index in [0.717, 1.165) is 12.8 Å². The van der Waals surface area contributed by atoms with Crippen molar-refractivity contribution in [1.29, 1.82) is 0 Å². The molecule has 1 aliphatic rings. The number of carbonyl (C=O) groups excluding carboxylic acids is 2. The molecule has 1 fully saturated rings. The van der Waals surface area contributed by atoms with Crippen LogP contribution < -0.4 is 16.2 Å². The molecule has 0 bridgehead atoms. The maximum Gasteiger partial charge on any atom is 0.333 e. The van der Waals surface area contributed by atoms with Crippen molar-refractivity contribution in [1.82, 2.24) is 26.1 Å². The van der Waals surface area contributed by atoms with Crippen LogP contribution in [0.15, 0.2) is 12.5 Å². The van der Waals surface area contributed by atoms with Crippen LogP contribution in [0.4, 0.5) is 4.79 Å². The van der Waals surface area contributed by atoms with Crippen molar-refractivity contribution >= 4 is 11.9 Å². The summed E-state index contributed by atoms with van der Waals surface area (Å²) < 4.78 is 0. The van der Waals surface area contributed by atoms with Gasteiger partial charge < -0.3 is 10.3 Å². The summed E-state index contributed by atoms with van der Waals surface area (Å²) in [6, 6.07) is -0.139. The van der Waals surface area contributed by atoms with Crippen LogP contribution in [-0.2, 0) is 0 Å². The highest BCUT2D eigenvalue weighted by Crippen LogP contribution is 2.17. The second kappa shape index (κ2) is 3.99. The quantitative estimate of drug-likeness (QED) is 0.495. The van der Waals surface area contributed by atoms with Crippen molar-refractivity contribution in [2.24, 2.45) is 0 Å². The van der Waals surface area contributed by atoms with Crippen molar-refractivity contribution < 1.29 is 9.59 Å². The van der Waals surface area contributed by atoms with Crippen LogP contribution in [0, 0.1) is 0 Å². The summed E-state index contributed by atoms with van der Waals surface area (Å²) in [4.78, 5) is 28.7. The first-order valence-corrected chi connectivity index (χ1v) is 4.61. The normalized spacial score (nSPS) is 14.4. The van der Waals surface area contributed by atoms with Crippen molar-refractivity contribution in [2.75, 3.05) is 0 Å².